The fraction of sp³-hybridized carbons (Fsp3) is 0.182. The first-order chi connectivity index (χ1) is 6.33. The van der Waals surface area contributed by atoms with E-state index in [0.717, 1.165) is 23.6 Å². The lowest BCUT2D eigenvalue weighted by Gasteiger charge is -2.14. The highest BCUT2D eigenvalue weighted by Crippen LogP contribution is 2.18. The van der Waals surface area contributed by atoms with Crippen LogP contribution in [0.15, 0.2) is 31.5 Å². The van der Waals surface area contributed by atoms with E-state index in [1.807, 2.05) is 24.4 Å². The second-order valence-electron chi connectivity index (χ2n) is 2.98. The molecule has 2 heteroatoms. The van der Waals surface area contributed by atoms with Gasteiger partial charge in [0.25, 0.3) is 5.69 Å². The number of rotatable bonds is 1. The molecule has 0 bridgehead atoms. The van der Waals surface area contributed by atoms with Crippen molar-refractivity contribution in [2.24, 2.45) is 0 Å². The van der Waals surface area contributed by atoms with Crippen LogP contribution in [0.5, 0.6) is 0 Å². The Balaban J connectivity index is 2.63. The summed E-state index contributed by atoms with van der Waals surface area (Å²) in [6.45, 7) is 9.23. The molecule has 66 valence electrons. The summed E-state index contributed by atoms with van der Waals surface area (Å²) >= 11 is 0. The number of hydrogen-bond donors (Lipinski definition) is 0. The van der Waals surface area contributed by atoms with Gasteiger partial charge in [-0.05, 0) is 12.6 Å². The smallest absolute Gasteiger partial charge is 0.254 e. The molecular formula is C11H12NO+. The Bertz CT molecular complexity index is 368. The van der Waals surface area contributed by atoms with E-state index in [4.69, 9.17) is 4.74 Å². The number of ether oxygens (including phenoxy) is 1. The van der Waals surface area contributed by atoms with Crippen molar-refractivity contribution in [3.8, 4) is 0 Å². The molecular weight excluding hydrogens is 162 g/mol. The van der Waals surface area contributed by atoms with Gasteiger partial charge in [0.15, 0.2) is 18.5 Å². The summed E-state index contributed by atoms with van der Waals surface area (Å²) < 4.78 is 7.53. The first kappa shape index (κ1) is 8.05. The van der Waals surface area contributed by atoms with Gasteiger partial charge in [-0.3, -0.25) is 0 Å². The van der Waals surface area contributed by atoms with Crippen LogP contribution in [0, 0.1) is 0 Å². The van der Waals surface area contributed by atoms with E-state index in [2.05, 4.69) is 17.7 Å². The van der Waals surface area contributed by atoms with Gasteiger partial charge in [0.2, 0.25) is 0 Å². The fourth-order valence-electron chi connectivity index (χ4n) is 1.58. The molecule has 0 fully saturated rings. The molecule has 1 aromatic heterocycles. The summed E-state index contributed by atoms with van der Waals surface area (Å²) in [6, 6.07) is 4.03. The molecule has 0 saturated heterocycles. The Morgan fingerprint density at radius 2 is 2.38 bits per heavy atom. The Morgan fingerprint density at radius 3 is 3.15 bits per heavy atom. The highest BCUT2D eigenvalue weighted by molar-refractivity contribution is 5.63. The van der Waals surface area contributed by atoms with E-state index in [9.17, 15) is 0 Å². The molecule has 0 N–H and O–H groups in total. The molecule has 2 heterocycles. The quantitative estimate of drug-likeness (QED) is 0.590. The van der Waals surface area contributed by atoms with Gasteiger partial charge in [-0.25, -0.2) is 0 Å². The first-order valence-corrected chi connectivity index (χ1v) is 4.30. The third-order valence-electron chi connectivity index (χ3n) is 2.19. The van der Waals surface area contributed by atoms with Gasteiger partial charge in [0.05, 0.1) is 0 Å². The van der Waals surface area contributed by atoms with E-state index >= 15 is 0 Å². The van der Waals surface area contributed by atoms with Gasteiger partial charge >= 0.3 is 0 Å². The van der Waals surface area contributed by atoms with E-state index < -0.39 is 0 Å². The van der Waals surface area contributed by atoms with Crippen LogP contribution in [0.25, 0.3) is 11.8 Å². The molecule has 0 aromatic carbocycles. The molecule has 0 saturated carbocycles. The molecule has 0 atom stereocenters. The average molecular weight is 174 g/mol. The average Bonchev–Trinajstić information content (AvgIpc) is 2.17. The first-order valence-electron chi connectivity index (χ1n) is 4.30. The third-order valence-corrected chi connectivity index (χ3v) is 2.19. The lowest BCUT2D eigenvalue weighted by atomic mass is 10.1. The van der Waals surface area contributed by atoms with Crippen LogP contribution >= 0.6 is 0 Å². The second kappa shape index (κ2) is 3.05. The normalized spacial score (nSPS) is 14.6. The van der Waals surface area contributed by atoms with Crippen LogP contribution in [0.1, 0.15) is 11.3 Å². The predicted molar refractivity (Wildman–Crippen MR) is 51.7 cm³/mol. The Morgan fingerprint density at radius 1 is 1.54 bits per heavy atom. The van der Waals surface area contributed by atoms with Gasteiger partial charge in [-0.2, -0.15) is 4.57 Å². The van der Waals surface area contributed by atoms with Crippen LogP contribution in [0.3, 0.4) is 0 Å². The van der Waals surface area contributed by atoms with Crippen molar-refractivity contribution in [1.29, 1.82) is 0 Å². The van der Waals surface area contributed by atoms with Crippen molar-refractivity contribution in [2.45, 2.75) is 6.54 Å². The van der Waals surface area contributed by atoms with Gasteiger partial charge in [0, 0.05) is 11.6 Å². The number of pyridine rings is 1. The zero-order valence-corrected chi connectivity index (χ0v) is 7.49. The minimum absolute atomic E-state index is 0.705. The van der Waals surface area contributed by atoms with Gasteiger partial charge < -0.3 is 4.74 Å². The minimum Gasteiger partial charge on any atom is -0.481 e. The van der Waals surface area contributed by atoms with Crippen LogP contribution in [-0.4, -0.2) is 6.61 Å². The molecule has 1 aliphatic rings. The second-order valence-corrected chi connectivity index (χ2v) is 2.98. The molecule has 2 rings (SSSR count). The van der Waals surface area contributed by atoms with Gasteiger partial charge in [-0.15, -0.1) is 0 Å². The zero-order chi connectivity index (χ0) is 9.26. The summed E-state index contributed by atoms with van der Waals surface area (Å²) in [5.74, 6) is 0.738. The maximum atomic E-state index is 5.38. The third kappa shape index (κ3) is 1.24. The number of fused-ring (bicyclic) bond motifs is 1. The molecule has 0 spiro atoms. The number of hydrogen-bond acceptors (Lipinski definition) is 1. The lowest BCUT2D eigenvalue weighted by Crippen LogP contribution is -2.43. The molecule has 0 radical (unpaired) electrons. The maximum Gasteiger partial charge on any atom is 0.254 e. The molecule has 1 aliphatic heterocycles. The Kier molecular flexibility index (Phi) is 1.89. The number of nitrogens with zero attached hydrogens (tertiary/aromatic N) is 1. The molecule has 13 heavy (non-hydrogen) atoms. The molecule has 2 nitrogen and oxygen atoms in total. The monoisotopic (exact) mass is 174 g/mol. The van der Waals surface area contributed by atoms with Gasteiger partial charge in [-0.1, -0.05) is 12.7 Å². The van der Waals surface area contributed by atoms with Gasteiger partial charge in [0.1, 0.15) is 6.61 Å². The molecule has 0 aliphatic carbocycles. The van der Waals surface area contributed by atoms with Crippen LogP contribution < -0.4 is 4.57 Å². The summed E-state index contributed by atoms with van der Waals surface area (Å²) in [4.78, 5) is 0. The zero-order valence-electron chi connectivity index (χ0n) is 7.49. The van der Waals surface area contributed by atoms with Crippen molar-refractivity contribution in [1.82, 2.24) is 0 Å². The molecule has 0 amide bonds. The summed E-state index contributed by atoms with van der Waals surface area (Å²) in [5, 5.41) is 0. The van der Waals surface area contributed by atoms with E-state index in [0.29, 0.717) is 6.61 Å². The number of aromatic nitrogens is 1. The highest BCUT2D eigenvalue weighted by Gasteiger charge is 2.23. The Labute approximate surface area is 77.8 Å². The van der Waals surface area contributed by atoms with Crippen molar-refractivity contribution >= 4 is 11.8 Å². The van der Waals surface area contributed by atoms with Crippen LogP contribution in [-0.2, 0) is 11.3 Å². The van der Waals surface area contributed by atoms with Crippen molar-refractivity contribution in [2.75, 3.05) is 6.61 Å². The van der Waals surface area contributed by atoms with Crippen molar-refractivity contribution in [3.05, 3.63) is 42.7 Å². The Hall–Kier alpha value is -1.57. The van der Waals surface area contributed by atoms with Crippen molar-refractivity contribution < 1.29 is 9.30 Å². The summed E-state index contributed by atoms with van der Waals surface area (Å²) in [7, 11) is 0. The van der Waals surface area contributed by atoms with E-state index in [1.54, 1.807) is 0 Å². The maximum absolute atomic E-state index is 5.38. The molecule has 0 unspecified atom stereocenters. The van der Waals surface area contributed by atoms with Crippen LogP contribution in [0.2, 0.25) is 0 Å². The SMILES string of the molecule is C=Cc1ccc[n+]2c1C(=C)OCC2. The fourth-order valence-corrected chi connectivity index (χ4v) is 1.58. The molecule has 1 aromatic rings. The van der Waals surface area contributed by atoms with E-state index in [1.165, 1.54) is 0 Å². The minimum atomic E-state index is 0.705. The standard InChI is InChI=1S/C11H12NO/c1-3-10-5-4-6-12-7-8-13-9(2)11(10)12/h3-6H,1-2,7-8H2/q+1. The van der Waals surface area contributed by atoms with Crippen LogP contribution in [0.4, 0.5) is 0 Å². The van der Waals surface area contributed by atoms with Crippen molar-refractivity contribution in [3.63, 3.8) is 0 Å². The highest BCUT2D eigenvalue weighted by atomic mass is 16.5. The summed E-state index contributed by atoms with van der Waals surface area (Å²) in [5.41, 5.74) is 2.12. The predicted octanol–water partition coefficient (Wildman–Crippen LogP) is 1.62. The lowest BCUT2D eigenvalue weighted by molar-refractivity contribution is -0.706. The van der Waals surface area contributed by atoms with E-state index in [-0.39, 0.29) is 0 Å². The topological polar surface area (TPSA) is 13.1 Å². The largest absolute Gasteiger partial charge is 0.481 e. The summed E-state index contributed by atoms with van der Waals surface area (Å²) in [6.07, 6.45) is 3.86.